The SMILES string of the molecule is CC(C)CCCCCCCCCCCCCCC(=O)OC[C@H](COP(=O)(O)OCC(O)COP(=O)(O)OC[C@@H](COC(=O)CCCCCCCCCC(C)C)OC(=O)CCCCCCCCCCCCC(C)C)OC(=O)CCCCCCCCCCCC(C)C. The fourth-order valence-corrected chi connectivity index (χ4v) is 12.2. The van der Waals surface area contributed by atoms with Gasteiger partial charge in [0.15, 0.2) is 12.2 Å². The third-order valence-electron chi connectivity index (χ3n) is 16.3. The van der Waals surface area contributed by atoms with Crippen molar-refractivity contribution in [2.45, 2.75) is 369 Å². The predicted octanol–water partition coefficient (Wildman–Crippen LogP) is 20.1. The van der Waals surface area contributed by atoms with Crippen LogP contribution < -0.4 is 0 Å². The Hall–Kier alpha value is -1.94. The molecule has 5 atom stereocenters. The fourth-order valence-electron chi connectivity index (χ4n) is 10.7. The van der Waals surface area contributed by atoms with E-state index in [4.69, 9.17) is 37.0 Å². The molecule has 19 heteroatoms. The molecular formula is C71H138O17P2. The van der Waals surface area contributed by atoms with Crippen molar-refractivity contribution in [3.05, 3.63) is 0 Å². The molecule has 90 heavy (non-hydrogen) atoms. The van der Waals surface area contributed by atoms with Gasteiger partial charge in [-0.15, -0.1) is 0 Å². The molecule has 0 aliphatic carbocycles. The van der Waals surface area contributed by atoms with Crippen molar-refractivity contribution < 1.29 is 80.2 Å². The van der Waals surface area contributed by atoms with Gasteiger partial charge in [-0.25, -0.2) is 9.13 Å². The minimum absolute atomic E-state index is 0.105. The number of carbonyl (C=O) groups is 4. The van der Waals surface area contributed by atoms with E-state index in [-0.39, 0.29) is 25.7 Å². The van der Waals surface area contributed by atoms with Gasteiger partial charge < -0.3 is 33.8 Å². The Labute approximate surface area is 549 Å². The van der Waals surface area contributed by atoms with E-state index in [2.05, 4.69) is 55.4 Å². The van der Waals surface area contributed by atoms with Gasteiger partial charge in [-0.1, -0.05) is 299 Å². The number of unbranched alkanes of at least 4 members (excludes halogenated alkanes) is 34. The lowest BCUT2D eigenvalue weighted by molar-refractivity contribution is -0.161. The second-order valence-corrected chi connectivity index (χ2v) is 30.4. The summed E-state index contributed by atoms with van der Waals surface area (Å²) in [7, 11) is -9.90. The summed E-state index contributed by atoms with van der Waals surface area (Å²) in [5.41, 5.74) is 0. The number of esters is 4. The van der Waals surface area contributed by atoms with Gasteiger partial charge in [0, 0.05) is 25.7 Å². The summed E-state index contributed by atoms with van der Waals surface area (Å²) in [6.07, 6.45) is 43.1. The summed E-state index contributed by atoms with van der Waals surface area (Å²) >= 11 is 0. The summed E-state index contributed by atoms with van der Waals surface area (Å²) < 4.78 is 68.3. The molecule has 17 nitrogen and oxygen atoms in total. The number of carbonyl (C=O) groups excluding carboxylic acids is 4. The Morgan fingerprint density at radius 3 is 0.689 bits per heavy atom. The summed E-state index contributed by atoms with van der Waals surface area (Å²) in [4.78, 5) is 72.6. The Balaban J connectivity index is 5.25. The number of hydrogen-bond acceptors (Lipinski definition) is 15. The van der Waals surface area contributed by atoms with Crippen LogP contribution in [0.3, 0.4) is 0 Å². The van der Waals surface area contributed by atoms with Crippen LogP contribution in [0.2, 0.25) is 0 Å². The van der Waals surface area contributed by atoms with Crippen LogP contribution in [0.25, 0.3) is 0 Å². The molecule has 0 aromatic heterocycles. The summed E-state index contributed by atoms with van der Waals surface area (Å²) in [6.45, 7) is 14.1. The van der Waals surface area contributed by atoms with Crippen LogP contribution in [0.4, 0.5) is 0 Å². The molecular weight excluding hydrogens is 1190 g/mol. The van der Waals surface area contributed by atoms with E-state index in [1.807, 2.05) is 0 Å². The highest BCUT2D eigenvalue weighted by atomic mass is 31.2. The molecule has 0 aromatic rings. The van der Waals surface area contributed by atoms with Gasteiger partial charge in [0.2, 0.25) is 0 Å². The molecule has 0 heterocycles. The van der Waals surface area contributed by atoms with E-state index >= 15 is 0 Å². The number of aliphatic hydroxyl groups excluding tert-OH is 1. The highest BCUT2D eigenvalue weighted by molar-refractivity contribution is 7.47. The molecule has 0 aromatic carbocycles. The third-order valence-corrected chi connectivity index (χ3v) is 18.2. The van der Waals surface area contributed by atoms with Gasteiger partial charge in [-0.05, 0) is 49.4 Å². The smallest absolute Gasteiger partial charge is 0.462 e. The van der Waals surface area contributed by atoms with E-state index in [1.54, 1.807) is 0 Å². The number of aliphatic hydroxyl groups is 1. The van der Waals surface area contributed by atoms with Crippen LogP contribution in [0.1, 0.15) is 351 Å². The molecule has 0 amide bonds. The normalized spacial score (nSPS) is 14.3. The van der Waals surface area contributed by atoms with Gasteiger partial charge in [-0.3, -0.25) is 37.3 Å². The number of ether oxygens (including phenoxy) is 4. The van der Waals surface area contributed by atoms with Gasteiger partial charge >= 0.3 is 39.5 Å². The second-order valence-electron chi connectivity index (χ2n) is 27.5. The lowest BCUT2D eigenvalue weighted by atomic mass is 10.0. The summed E-state index contributed by atoms with van der Waals surface area (Å²) in [5.74, 6) is 0.847. The van der Waals surface area contributed by atoms with Gasteiger partial charge in [0.1, 0.15) is 19.3 Å². The van der Waals surface area contributed by atoms with Gasteiger partial charge in [0.25, 0.3) is 0 Å². The highest BCUT2D eigenvalue weighted by Crippen LogP contribution is 2.45. The Morgan fingerprint density at radius 2 is 0.467 bits per heavy atom. The van der Waals surface area contributed by atoms with Crippen molar-refractivity contribution in [1.29, 1.82) is 0 Å². The van der Waals surface area contributed by atoms with Crippen LogP contribution in [0.5, 0.6) is 0 Å². The van der Waals surface area contributed by atoms with Crippen molar-refractivity contribution in [2.75, 3.05) is 39.6 Å². The average Bonchev–Trinajstić information content (AvgIpc) is 3.57. The minimum Gasteiger partial charge on any atom is -0.462 e. The monoisotopic (exact) mass is 1320 g/mol. The average molecular weight is 1330 g/mol. The topological polar surface area (TPSA) is 237 Å². The van der Waals surface area contributed by atoms with Crippen molar-refractivity contribution in [3.63, 3.8) is 0 Å². The quantitative estimate of drug-likeness (QED) is 0.0222. The first-order chi connectivity index (χ1) is 43.1. The van der Waals surface area contributed by atoms with E-state index in [0.717, 1.165) is 114 Å². The number of hydrogen-bond donors (Lipinski definition) is 3. The van der Waals surface area contributed by atoms with Crippen LogP contribution in [-0.2, 0) is 65.4 Å². The summed E-state index contributed by atoms with van der Waals surface area (Å²) in [6, 6.07) is 0. The van der Waals surface area contributed by atoms with E-state index in [1.165, 1.54) is 148 Å². The molecule has 0 bridgehead atoms. The van der Waals surface area contributed by atoms with Crippen LogP contribution >= 0.6 is 15.6 Å². The predicted molar refractivity (Wildman–Crippen MR) is 363 cm³/mol. The zero-order valence-corrected chi connectivity index (χ0v) is 60.6. The molecule has 0 aliphatic rings. The molecule has 0 saturated carbocycles. The molecule has 534 valence electrons. The van der Waals surface area contributed by atoms with Crippen molar-refractivity contribution in [1.82, 2.24) is 0 Å². The molecule has 0 aliphatic heterocycles. The molecule has 0 spiro atoms. The van der Waals surface area contributed by atoms with Gasteiger partial charge in [0.05, 0.1) is 26.4 Å². The first-order valence-corrected chi connectivity index (χ1v) is 39.7. The number of phosphoric ester groups is 2. The number of phosphoric acid groups is 2. The van der Waals surface area contributed by atoms with Gasteiger partial charge in [-0.2, -0.15) is 0 Å². The summed E-state index contributed by atoms with van der Waals surface area (Å²) in [5, 5.41) is 10.6. The van der Waals surface area contributed by atoms with Crippen molar-refractivity contribution in [2.24, 2.45) is 23.7 Å². The second kappa shape index (κ2) is 60.7. The van der Waals surface area contributed by atoms with Crippen LogP contribution in [0.15, 0.2) is 0 Å². The molecule has 0 fully saturated rings. The molecule has 3 N–H and O–H groups in total. The highest BCUT2D eigenvalue weighted by Gasteiger charge is 2.30. The third kappa shape index (κ3) is 64.8. The molecule has 3 unspecified atom stereocenters. The maximum absolute atomic E-state index is 13.0. The van der Waals surface area contributed by atoms with Crippen LogP contribution in [-0.4, -0.2) is 96.7 Å². The number of rotatable bonds is 68. The molecule has 0 radical (unpaired) electrons. The standard InChI is InChI=1S/C71H138O17P2/c1-61(2)47-39-31-23-16-11-9-10-12-19-27-35-43-51-68(73)81-57-66(88-71(76)54-46-38-29-21-15-18-25-33-41-49-63(5)6)59-85-89(77,78)83-55-65(72)56-84-90(79,80)86-60-67(58-82-69(74)52-44-36-30-22-26-34-42-50-64(7)8)87-70(75)53-45-37-28-20-14-13-17-24-32-40-48-62(3)4/h61-67,72H,9-60H2,1-8H3,(H,77,78)(H,79,80)/t65?,66-,67-/m1/s1. The maximum Gasteiger partial charge on any atom is 0.472 e. The first kappa shape index (κ1) is 88.1. The molecule has 0 saturated heterocycles. The first-order valence-electron chi connectivity index (χ1n) is 36.7. The zero-order chi connectivity index (χ0) is 66.8. The zero-order valence-electron chi connectivity index (χ0n) is 58.8. The lowest BCUT2D eigenvalue weighted by Crippen LogP contribution is -2.30. The van der Waals surface area contributed by atoms with E-state index < -0.39 is 97.5 Å². The van der Waals surface area contributed by atoms with Crippen molar-refractivity contribution in [3.8, 4) is 0 Å². The minimum atomic E-state index is -4.95. The Kier molecular flexibility index (Phi) is 59.4. The Bertz CT molecular complexity index is 1780. The van der Waals surface area contributed by atoms with E-state index in [9.17, 15) is 43.2 Å². The Morgan fingerprint density at radius 1 is 0.278 bits per heavy atom. The fraction of sp³-hybridized carbons (Fsp3) is 0.944. The van der Waals surface area contributed by atoms with Crippen LogP contribution in [0, 0.1) is 23.7 Å². The largest absolute Gasteiger partial charge is 0.472 e. The lowest BCUT2D eigenvalue weighted by Gasteiger charge is -2.21. The van der Waals surface area contributed by atoms with Crippen molar-refractivity contribution >= 4 is 39.5 Å². The molecule has 0 rings (SSSR count). The van der Waals surface area contributed by atoms with E-state index in [0.29, 0.717) is 31.6 Å². The maximum atomic E-state index is 13.0.